The molecule has 6 heteroatoms. The molecule has 0 bridgehead atoms. The molecule has 0 radical (unpaired) electrons. The van der Waals surface area contributed by atoms with Gasteiger partial charge < -0.3 is 0 Å². The van der Waals surface area contributed by atoms with E-state index >= 15 is 0 Å². The lowest BCUT2D eigenvalue weighted by Crippen LogP contribution is -2.18. The van der Waals surface area contributed by atoms with E-state index in [4.69, 9.17) is 0 Å². The van der Waals surface area contributed by atoms with E-state index in [-0.39, 0.29) is 5.91 Å². The summed E-state index contributed by atoms with van der Waals surface area (Å²) in [7, 11) is 0. The lowest BCUT2D eigenvalue weighted by atomic mass is 10.1. The Bertz CT molecular complexity index is 899. The Morgan fingerprint density at radius 1 is 1.20 bits per heavy atom. The van der Waals surface area contributed by atoms with Crippen LogP contribution in [-0.4, -0.2) is 26.9 Å². The number of hydrazone groups is 1. The molecule has 0 fully saturated rings. The number of aryl methyl sites for hydroxylation is 2. The number of rotatable bonds is 5. The number of carbonyl (C=O) groups excluding carboxylic acids is 1. The average Bonchev–Trinajstić information content (AvgIpc) is 2.93. The molecule has 0 aliphatic carbocycles. The fraction of sp³-hybridized carbons (Fsp3) is 0.158. The fourth-order valence-electron chi connectivity index (χ4n) is 2.49. The zero-order valence-corrected chi connectivity index (χ0v) is 14.2. The molecule has 0 aliphatic rings. The van der Waals surface area contributed by atoms with Crippen LogP contribution in [0.15, 0.2) is 59.8 Å². The van der Waals surface area contributed by atoms with Crippen LogP contribution in [0.3, 0.4) is 0 Å². The number of benzene rings is 1. The molecule has 25 heavy (non-hydrogen) atoms. The van der Waals surface area contributed by atoms with Gasteiger partial charge in [-0.05, 0) is 49.7 Å². The minimum Gasteiger partial charge on any atom is -0.267 e. The molecule has 1 aromatic carbocycles. The van der Waals surface area contributed by atoms with Crippen molar-refractivity contribution in [2.75, 3.05) is 0 Å². The lowest BCUT2D eigenvalue weighted by Gasteiger charge is -2.06. The van der Waals surface area contributed by atoms with E-state index in [1.165, 1.54) is 6.21 Å². The standard InChI is InChI=1S/C19H19N5O/c1-14-10-15(2)24(23-14)13-16-6-5-7-17(11-16)19(25)22-21-12-18-8-3-4-9-20-18/h3-12H,13H2,1-2H3,(H,22,25)/b21-12-. The first-order chi connectivity index (χ1) is 12.1. The van der Waals surface area contributed by atoms with Crippen LogP contribution in [0.25, 0.3) is 0 Å². The number of nitrogens with one attached hydrogen (secondary N) is 1. The van der Waals surface area contributed by atoms with Gasteiger partial charge in [0.25, 0.3) is 5.91 Å². The van der Waals surface area contributed by atoms with Gasteiger partial charge in [-0.25, -0.2) is 5.43 Å². The minimum atomic E-state index is -0.262. The van der Waals surface area contributed by atoms with Gasteiger partial charge in [0, 0.05) is 17.5 Å². The monoisotopic (exact) mass is 333 g/mol. The summed E-state index contributed by atoms with van der Waals surface area (Å²) in [4.78, 5) is 16.4. The van der Waals surface area contributed by atoms with Gasteiger partial charge in [0.05, 0.1) is 24.1 Å². The third-order valence-electron chi connectivity index (χ3n) is 3.68. The van der Waals surface area contributed by atoms with Gasteiger partial charge in [0.1, 0.15) is 0 Å². The van der Waals surface area contributed by atoms with E-state index in [1.807, 2.05) is 61.0 Å². The Hall–Kier alpha value is -3.28. The van der Waals surface area contributed by atoms with Crippen molar-refractivity contribution < 1.29 is 4.79 Å². The largest absolute Gasteiger partial charge is 0.271 e. The molecule has 2 heterocycles. The quantitative estimate of drug-likeness (QED) is 0.576. The number of nitrogens with zero attached hydrogens (tertiary/aromatic N) is 4. The van der Waals surface area contributed by atoms with Gasteiger partial charge in [-0.15, -0.1) is 0 Å². The average molecular weight is 333 g/mol. The molecule has 6 nitrogen and oxygen atoms in total. The summed E-state index contributed by atoms with van der Waals surface area (Å²) < 4.78 is 1.92. The van der Waals surface area contributed by atoms with E-state index < -0.39 is 0 Å². The van der Waals surface area contributed by atoms with Crippen LogP contribution in [0.4, 0.5) is 0 Å². The molecular formula is C19H19N5O. The second kappa shape index (κ2) is 7.53. The predicted molar refractivity (Wildman–Crippen MR) is 96.5 cm³/mol. The first kappa shape index (κ1) is 16.6. The molecule has 0 saturated heterocycles. The number of amides is 1. The lowest BCUT2D eigenvalue weighted by molar-refractivity contribution is 0.0955. The summed E-state index contributed by atoms with van der Waals surface area (Å²) >= 11 is 0. The number of hydrogen-bond acceptors (Lipinski definition) is 4. The molecule has 3 rings (SSSR count). The van der Waals surface area contributed by atoms with Gasteiger partial charge in [0.2, 0.25) is 0 Å². The van der Waals surface area contributed by atoms with Crippen molar-refractivity contribution in [1.29, 1.82) is 0 Å². The van der Waals surface area contributed by atoms with Gasteiger partial charge in [-0.1, -0.05) is 18.2 Å². The van der Waals surface area contributed by atoms with Crippen molar-refractivity contribution >= 4 is 12.1 Å². The molecule has 1 N–H and O–H groups in total. The molecule has 0 aliphatic heterocycles. The van der Waals surface area contributed by atoms with Gasteiger partial charge in [-0.2, -0.15) is 10.2 Å². The smallest absolute Gasteiger partial charge is 0.267 e. The normalized spacial score (nSPS) is 11.0. The van der Waals surface area contributed by atoms with Crippen molar-refractivity contribution in [3.8, 4) is 0 Å². The van der Waals surface area contributed by atoms with E-state index in [0.717, 1.165) is 17.0 Å². The molecule has 1 amide bonds. The second-order valence-corrected chi connectivity index (χ2v) is 5.74. The number of carbonyl (C=O) groups is 1. The van der Waals surface area contributed by atoms with Crippen molar-refractivity contribution in [2.24, 2.45) is 5.10 Å². The molecule has 0 saturated carbocycles. The summed E-state index contributed by atoms with van der Waals surface area (Å²) in [5.41, 5.74) is 6.84. The maximum absolute atomic E-state index is 12.2. The van der Waals surface area contributed by atoms with E-state index in [2.05, 4.69) is 20.6 Å². The molecule has 3 aromatic rings. The highest BCUT2D eigenvalue weighted by molar-refractivity contribution is 5.94. The Morgan fingerprint density at radius 2 is 2.08 bits per heavy atom. The van der Waals surface area contributed by atoms with Crippen LogP contribution in [0, 0.1) is 13.8 Å². The van der Waals surface area contributed by atoms with E-state index in [0.29, 0.717) is 17.8 Å². The maximum atomic E-state index is 12.2. The van der Waals surface area contributed by atoms with Gasteiger partial charge in [0.15, 0.2) is 0 Å². The third kappa shape index (κ3) is 4.38. The van der Waals surface area contributed by atoms with Gasteiger partial charge in [-0.3, -0.25) is 14.5 Å². The molecule has 126 valence electrons. The fourth-order valence-corrected chi connectivity index (χ4v) is 2.49. The van der Waals surface area contributed by atoms with Crippen LogP contribution in [0.1, 0.15) is 33.0 Å². The number of pyridine rings is 1. The van der Waals surface area contributed by atoms with Crippen LogP contribution < -0.4 is 5.43 Å². The van der Waals surface area contributed by atoms with Gasteiger partial charge >= 0.3 is 0 Å². The minimum absolute atomic E-state index is 0.262. The highest BCUT2D eigenvalue weighted by atomic mass is 16.2. The maximum Gasteiger partial charge on any atom is 0.271 e. The second-order valence-electron chi connectivity index (χ2n) is 5.74. The van der Waals surface area contributed by atoms with Crippen LogP contribution in [-0.2, 0) is 6.54 Å². The molecule has 2 aromatic heterocycles. The summed E-state index contributed by atoms with van der Waals surface area (Å²) in [5.74, 6) is -0.262. The van der Waals surface area contributed by atoms with Crippen LogP contribution >= 0.6 is 0 Å². The first-order valence-corrected chi connectivity index (χ1v) is 7.96. The van der Waals surface area contributed by atoms with Crippen molar-refractivity contribution in [2.45, 2.75) is 20.4 Å². The Labute approximate surface area is 146 Å². The SMILES string of the molecule is Cc1cc(C)n(Cc2cccc(C(=O)N/N=C\c3ccccn3)c2)n1. The van der Waals surface area contributed by atoms with Crippen molar-refractivity contribution in [3.63, 3.8) is 0 Å². The molecule has 0 atom stereocenters. The molecule has 0 unspecified atom stereocenters. The Balaban J connectivity index is 1.67. The highest BCUT2D eigenvalue weighted by Crippen LogP contribution is 2.10. The summed E-state index contributed by atoms with van der Waals surface area (Å²) in [5, 5.41) is 8.39. The first-order valence-electron chi connectivity index (χ1n) is 7.96. The Kier molecular flexibility index (Phi) is 4.99. The number of aromatic nitrogens is 3. The van der Waals surface area contributed by atoms with Crippen molar-refractivity contribution in [3.05, 3.63) is 82.9 Å². The zero-order chi connectivity index (χ0) is 17.6. The predicted octanol–water partition coefficient (Wildman–Crippen LogP) is 2.71. The van der Waals surface area contributed by atoms with Crippen LogP contribution in [0.5, 0.6) is 0 Å². The summed E-state index contributed by atoms with van der Waals surface area (Å²) in [6.07, 6.45) is 3.18. The van der Waals surface area contributed by atoms with Crippen LogP contribution in [0.2, 0.25) is 0 Å². The highest BCUT2D eigenvalue weighted by Gasteiger charge is 2.07. The topological polar surface area (TPSA) is 72.2 Å². The Morgan fingerprint density at radius 3 is 2.80 bits per heavy atom. The third-order valence-corrected chi connectivity index (χ3v) is 3.68. The van der Waals surface area contributed by atoms with Crippen molar-refractivity contribution in [1.82, 2.24) is 20.2 Å². The summed E-state index contributed by atoms with van der Waals surface area (Å²) in [6, 6.07) is 15.0. The number of hydrogen-bond donors (Lipinski definition) is 1. The molecule has 0 spiro atoms. The molecular weight excluding hydrogens is 314 g/mol. The van der Waals surface area contributed by atoms with E-state index in [1.54, 1.807) is 12.3 Å². The summed E-state index contributed by atoms with van der Waals surface area (Å²) in [6.45, 7) is 4.61. The zero-order valence-electron chi connectivity index (χ0n) is 14.2. The van der Waals surface area contributed by atoms with E-state index in [9.17, 15) is 4.79 Å².